The summed E-state index contributed by atoms with van der Waals surface area (Å²) in [5.74, 6) is -1.24. The number of amides is 1. The zero-order valence-electron chi connectivity index (χ0n) is 16.1. The fourth-order valence-corrected chi connectivity index (χ4v) is 3.38. The predicted octanol–water partition coefficient (Wildman–Crippen LogP) is 5.86. The molecule has 0 fully saturated rings. The standard InChI is InChI=1S/C26H19NO3/c28-25(29)14-13-18-7-6-11-22(15-18)27-26(30)24-17-21(19-8-2-1-3-9-19)16-20-10-4-5-12-23(20)24/h1-17H,(H,27,30)(H,28,29). The highest BCUT2D eigenvalue weighted by atomic mass is 16.4. The first-order valence-electron chi connectivity index (χ1n) is 9.51. The minimum atomic E-state index is -1.02. The van der Waals surface area contributed by atoms with Crippen LogP contribution in [-0.4, -0.2) is 17.0 Å². The lowest BCUT2D eigenvalue weighted by molar-refractivity contribution is -0.131. The molecule has 0 radical (unpaired) electrons. The first-order valence-corrected chi connectivity index (χ1v) is 9.51. The number of aliphatic carboxylic acids is 1. The van der Waals surface area contributed by atoms with Gasteiger partial charge < -0.3 is 10.4 Å². The average Bonchev–Trinajstić information content (AvgIpc) is 2.77. The van der Waals surface area contributed by atoms with Crippen molar-refractivity contribution in [2.75, 3.05) is 5.32 Å². The van der Waals surface area contributed by atoms with Crippen LogP contribution < -0.4 is 5.32 Å². The Bertz CT molecular complexity index is 1260. The molecule has 4 rings (SSSR count). The van der Waals surface area contributed by atoms with Gasteiger partial charge in [0.05, 0.1) is 0 Å². The molecular weight excluding hydrogens is 374 g/mol. The van der Waals surface area contributed by atoms with Gasteiger partial charge in [-0.15, -0.1) is 0 Å². The summed E-state index contributed by atoms with van der Waals surface area (Å²) in [6, 6.07) is 28.8. The molecule has 0 bridgehead atoms. The summed E-state index contributed by atoms with van der Waals surface area (Å²) in [7, 11) is 0. The quantitative estimate of drug-likeness (QED) is 0.418. The topological polar surface area (TPSA) is 66.4 Å². The summed E-state index contributed by atoms with van der Waals surface area (Å²) in [5.41, 5.74) is 3.88. The second kappa shape index (κ2) is 8.45. The van der Waals surface area contributed by atoms with E-state index in [0.29, 0.717) is 16.8 Å². The molecule has 2 N–H and O–H groups in total. The van der Waals surface area contributed by atoms with Crippen LogP contribution in [0.1, 0.15) is 15.9 Å². The highest BCUT2D eigenvalue weighted by molar-refractivity contribution is 6.14. The minimum Gasteiger partial charge on any atom is -0.478 e. The van der Waals surface area contributed by atoms with Crippen LogP contribution in [0.5, 0.6) is 0 Å². The molecule has 0 saturated carbocycles. The van der Waals surface area contributed by atoms with Crippen LogP contribution in [0, 0.1) is 0 Å². The zero-order chi connectivity index (χ0) is 20.9. The number of anilines is 1. The van der Waals surface area contributed by atoms with Crippen molar-refractivity contribution in [3.8, 4) is 11.1 Å². The molecular formula is C26H19NO3. The van der Waals surface area contributed by atoms with Gasteiger partial charge in [-0.1, -0.05) is 66.7 Å². The van der Waals surface area contributed by atoms with Gasteiger partial charge in [-0.25, -0.2) is 4.79 Å². The molecule has 0 heterocycles. The zero-order valence-corrected chi connectivity index (χ0v) is 16.1. The Kier molecular flexibility index (Phi) is 5.39. The predicted molar refractivity (Wildman–Crippen MR) is 120 cm³/mol. The Labute approximate surface area is 174 Å². The molecule has 0 atom stereocenters. The van der Waals surface area contributed by atoms with E-state index in [1.807, 2.05) is 60.7 Å². The van der Waals surface area contributed by atoms with Gasteiger partial charge in [-0.3, -0.25) is 4.79 Å². The number of fused-ring (bicyclic) bond motifs is 1. The maximum atomic E-state index is 13.2. The summed E-state index contributed by atoms with van der Waals surface area (Å²) in [6.45, 7) is 0. The van der Waals surface area contributed by atoms with Gasteiger partial charge in [-0.2, -0.15) is 0 Å². The lowest BCUT2D eigenvalue weighted by Gasteiger charge is -2.12. The van der Waals surface area contributed by atoms with E-state index in [2.05, 4.69) is 11.4 Å². The van der Waals surface area contributed by atoms with E-state index < -0.39 is 5.97 Å². The van der Waals surface area contributed by atoms with E-state index in [0.717, 1.165) is 28.0 Å². The Morgan fingerprint density at radius 2 is 1.53 bits per heavy atom. The van der Waals surface area contributed by atoms with Crippen molar-refractivity contribution in [3.63, 3.8) is 0 Å². The Morgan fingerprint density at radius 3 is 2.33 bits per heavy atom. The number of nitrogens with one attached hydrogen (secondary N) is 1. The first kappa shape index (κ1) is 19.2. The SMILES string of the molecule is O=C(O)C=Cc1cccc(NC(=O)c2cc(-c3ccccc3)cc3ccccc23)c1. The van der Waals surface area contributed by atoms with Crippen molar-refractivity contribution in [2.24, 2.45) is 0 Å². The number of carboxylic acid groups (broad SMARTS) is 1. The summed E-state index contributed by atoms with van der Waals surface area (Å²) < 4.78 is 0. The molecule has 0 unspecified atom stereocenters. The van der Waals surface area contributed by atoms with Gasteiger partial charge in [0, 0.05) is 17.3 Å². The summed E-state index contributed by atoms with van der Waals surface area (Å²) in [4.78, 5) is 23.9. The number of carbonyl (C=O) groups excluding carboxylic acids is 1. The van der Waals surface area contributed by atoms with Crippen molar-refractivity contribution in [1.82, 2.24) is 0 Å². The third kappa shape index (κ3) is 4.28. The monoisotopic (exact) mass is 393 g/mol. The van der Waals surface area contributed by atoms with Crippen LogP contribution in [0.15, 0.2) is 97.1 Å². The fourth-order valence-electron chi connectivity index (χ4n) is 3.38. The van der Waals surface area contributed by atoms with Gasteiger partial charge in [0.15, 0.2) is 0 Å². The Hall–Kier alpha value is -4.18. The molecule has 0 saturated heterocycles. The number of carbonyl (C=O) groups is 2. The summed E-state index contributed by atoms with van der Waals surface area (Å²) >= 11 is 0. The van der Waals surface area contributed by atoms with E-state index in [4.69, 9.17) is 5.11 Å². The number of carboxylic acids is 1. The van der Waals surface area contributed by atoms with Crippen molar-refractivity contribution in [2.45, 2.75) is 0 Å². The van der Waals surface area contributed by atoms with E-state index in [9.17, 15) is 9.59 Å². The summed E-state index contributed by atoms with van der Waals surface area (Å²) in [6.07, 6.45) is 2.56. The number of hydrogen-bond acceptors (Lipinski definition) is 2. The Balaban J connectivity index is 1.71. The highest BCUT2D eigenvalue weighted by Crippen LogP contribution is 2.28. The molecule has 4 aromatic rings. The molecule has 0 aromatic heterocycles. The molecule has 1 amide bonds. The van der Waals surface area contributed by atoms with E-state index in [-0.39, 0.29) is 5.91 Å². The van der Waals surface area contributed by atoms with Gasteiger partial charge in [0.25, 0.3) is 5.91 Å². The Morgan fingerprint density at radius 1 is 0.767 bits per heavy atom. The normalized spacial score (nSPS) is 10.9. The van der Waals surface area contributed by atoms with Crippen molar-refractivity contribution in [3.05, 3.63) is 108 Å². The van der Waals surface area contributed by atoms with Crippen molar-refractivity contribution >= 4 is 34.4 Å². The van der Waals surface area contributed by atoms with Crippen molar-refractivity contribution in [1.29, 1.82) is 0 Å². The molecule has 0 aliphatic heterocycles. The second-order valence-electron chi connectivity index (χ2n) is 6.86. The highest BCUT2D eigenvalue weighted by Gasteiger charge is 2.13. The maximum absolute atomic E-state index is 13.2. The second-order valence-corrected chi connectivity index (χ2v) is 6.86. The van der Waals surface area contributed by atoms with Crippen LogP contribution in [0.4, 0.5) is 5.69 Å². The van der Waals surface area contributed by atoms with Gasteiger partial charge >= 0.3 is 5.97 Å². The van der Waals surface area contributed by atoms with E-state index in [1.54, 1.807) is 24.3 Å². The molecule has 0 spiro atoms. The number of rotatable bonds is 5. The molecule has 30 heavy (non-hydrogen) atoms. The van der Waals surface area contributed by atoms with Gasteiger partial charge in [0.2, 0.25) is 0 Å². The molecule has 4 aromatic carbocycles. The van der Waals surface area contributed by atoms with Crippen LogP contribution in [0.25, 0.3) is 28.0 Å². The van der Waals surface area contributed by atoms with Gasteiger partial charge in [-0.05, 0) is 57.8 Å². The lowest BCUT2D eigenvalue weighted by atomic mass is 9.96. The molecule has 4 heteroatoms. The third-order valence-electron chi connectivity index (χ3n) is 4.78. The molecule has 4 nitrogen and oxygen atoms in total. The van der Waals surface area contributed by atoms with E-state index >= 15 is 0 Å². The van der Waals surface area contributed by atoms with Crippen LogP contribution in [0.2, 0.25) is 0 Å². The molecule has 146 valence electrons. The van der Waals surface area contributed by atoms with Gasteiger partial charge in [0.1, 0.15) is 0 Å². The third-order valence-corrected chi connectivity index (χ3v) is 4.78. The van der Waals surface area contributed by atoms with E-state index in [1.165, 1.54) is 6.08 Å². The number of hydrogen-bond donors (Lipinski definition) is 2. The van der Waals surface area contributed by atoms with Crippen LogP contribution >= 0.6 is 0 Å². The minimum absolute atomic E-state index is 0.219. The first-order chi connectivity index (χ1) is 14.6. The van der Waals surface area contributed by atoms with Crippen molar-refractivity contribution < 1.29 is 14.7 Å². The number of benzene rings is 4. The maximum Gasteiger partial charge on any atom is 0.328 e. The lowest BCUT2D eigenvalue weighted by Crippen LogP contribution is -2.12. The molecule has 0 aliphatic carbocycles. The molecule has 0 aliphatic rings. The summed E-state index contributed by atoms with van der Waals surface area (Å²) in [5, 5.41) is 13.6. The largest absolute Gasteiger partial charge is 0.478 e. The van der Waals surface area contributed by atoms with Crippen LogP contribution in [0.3, 0.4) is 0 Å². The smallest absolute Gasteiger partial charge is 0.328 e. The van der Waals surface area contributed by atoms with Crippen LogP contribution in [-0.2, 0) is 4.79 Å². The fraction of sp³-hybridized carbons (Fsp3) is 0. The average molecular weight is 393 g/mol.